The number of rotatable bonds is 3. The minimum absolute atomic E-state index is 0.243. The predicted molar refractivity (Wildman–Crippen MR) is 567 cm³/mol. The SMILES string of the molecule is CC.CC.CC.CC.CC.CC.CC.CC.CCC1(CC)c2ccccc2-c2ccccc21.c1ccc(-n2c3ccccc3c3ccncc32)cc1.c1ccc2c(c1)-c1ccccc1C21c2ccccc2-c2ccncc21.c1ccc2c(c1)-c1ccccc1C21c2ccccc2-c2ccncc21.c1ccc2ccccc2c1.c1ccccc1.c1ccccc1.c1ccccc1. The minimum Gasteiger partial charge on any atom is -0.308 e. The zero-order valence-electron chi connectivity index (χ0n) is 80.1. The van der Waals surface area contributed by atoms with Crippen LogP contribution in [0.2, 0.25) is 0 Å². The molecule has 0 amide bonds. The second-order valence-corrected chi connectivity index (χ2v) is 28.9. The molecule has 0 atom stereocenters. The van der Waals surface area contributed by atoms with Crippen LogP contribution in [-0.2, 0) is 16.2 Å². The average molecular weight is 1700 g/mol. The summed E-state index contributed by atoms with van der Waals surface area (Å²) in [5.74, 6) is 0. The molecule has 4 heteroatoms. The van der Waals surface area contributed by atoms with Crippen molar-refractivity contribution in [2.24, 2.45) is 0 Å². The van der Waals surface area contributed by atoms with Gasteiger partial charge in [0, 0.05) is 52.9 Å². The molecule has 24 rings (SSSR count). The molecule has 0 bridgehead atoms. The Hall–Kier alpha value is -14.2. The smallest absolute Gasteiger partial charge is 0.0740 e. The molecule has 130 heavy (non-hydrogen) atoms. The summed E-state index contributed by atoms with van der Waals surface area (Å²) >= 11 is 0. The number of aromatic nitrogens is 4. The Bertz CT molecular complexity index is 5600. The number of nitrogens with zero attached hydrogens (tertiary/aromatic N) is 4. The summed E-state index contributed by atoms with van der Waals surface area (Å²) in [6, 6.07) is 149. The minimum atomic E-state index is -0.243. The van der Waals surface area contributed by atoms with E-state index >= 15 is 0 Å². The van der Waals surface area contributed by atoms with Crippen LogP contribution in [0.25, 0.3) is 93.9 Å². The van der Waals surface area contributed by atoms with E-state index in [1.54, 1.807) is 0 Å². The van der Waals surface area contributed by atoms with Crippen molar-refractivity contribution < 1.29 is 0 Å². The van der Waals surface area contributed by atoms with Crippen LogP contribution < -0.4 is 0 Å². The van der Waals surface area contributed by atoms with Gasteiger partial charge < -0.3 is 4.57 Å². The Morgan fingerprint density at radius 2 is 0.392 bits per heavy atom. The van der Waals surface area contributed by atoms with Crippen LogP contribution in [0.3, 0.4) is 0 Å². The highest BCUT2D eigenvalue weighted by molar-refractivity contribution is 6.09. The van der Waals surface area contributed by atoms with Gasteiger partial charge in [0.25, 0.3) is 0 Å². The maximum atomic E-state index is 4.50. The second-order valence-electron chi connectivity index (χ2n) is 28.9. The van der Waals surface area contributed by atoms with E-state index in [1.807, 2.05) is 251 Å². The van der Waals surface area contributed by atoms with Gasteiger partial charge in [0.1, 0.15) is 0 Å². The first kappa shape index (κ1) is 99.6. The summed E-state index contributed by atoms with van der Waals surface area (Å²) in [7, 11) is 0. The molecule has 0 fully saturated rings. The molecule has 2 spiro atoms. The highest BCUT2D eigenvalue weighted by Gasteiger charge is 2.53. The largest absolute Gasteiger partial charge is 0.308 e. The lowest BCUT2D eigenvalue weighted by Gasteiger charge is -2.29. The molecule has 0 unspecified atom stereocenters. The van der Waals surface area contributed by atoms with Gasteiger partial charge in [-0.25, -0.2) is 0 Å². The first-order valence-electron chi connectivity index (χ1n) is 47.6. The van der Waals surface area contributed by atoms with Gasteiger partial charge in [-0.15, -0.1) is 0 Å². The van der Waals surface area contributed by atoms with Crippen LogP contribution in [0.5, 0.6) is 0 Å². The standard InChI is InChI=1S/2C24H15N.C17H12N2.C17H18.C10H8.3C6H6.8C2H6/c2*1-4-10-20-16(7-1)17-8-2-5-11-21(17)24(20)22-12-6-3-9-18(22)19-13-14-25-15-23(19)24;1-2-6-13(7-3-1)19-16-9-5-4-8-14(16)15-10-11-18-12-17(15)19;1-3-17(4-2)15-11-7-5-9-13(15)14-10-6-8-12-16(14)17;1-2-6-10-8-4-3-7-9(10)5-1;3*1-2-4-6-5-3-1;8*1-2/h2*1-15H;1-12H;5-12H,3-4H2,1-2H3;1-8H;3*1-6H;8*1-2H3. The van der Waals surface area contributed by atoms with Gasteiger partial charge in [0.2, 0.25) is 0 Å². The fourth-order valence-corrected chi connectivity index (χ4v) is 18.3. The van der Waals surface area contributed by atoms with Crippen molar-refractivity contribution in [3.63, 3.8) is 0 Å². The monoisotopic (exact) mass is 1700 g/mol. The van der Waals surface area contributed by atoms with E-state index in [0.29, 0.717) is 0 Å². The summed E-state index contributed by atoms with van der Waals surface area (Å²) in [6.45, 7) is 36.6. The van der Waals surface area contributed by atoms with Crippen molar-refractivity contribution >= 4 is 32.6 Å². The lowest BCUT2D eigenvalue weighted by atomic mass is 9.71. The molecular weight excluding hydrogens is 1570 g/mol. The molecule has 5 aliphatic rings. The lowest BCUT2D eigenvalue weighted by molar-refractivity contribution is 0.490. The zero-order chi connectivity index (χ0) is 92.9. The summed E-state index contributed by atoms with van der Waals surface area (Å²) in [4.78, 5) is 13.3. The summed E-state index contributed by atoms with van der Waals surface area (Å²) in [5.41, 5.74) is 30.6. The zero-order valence-corrected chi connectivity index (χ0v) is 80.1. The van der Waals surface area contributed by atoms with Crippen LogP contribution >= 0.6 is 0 Å². The number of hydrogen-bond donors (Lipinski definition) is 0. The third-order valence-corrected chi connectivity index (χ3v) is 23.1. The molecule has 15 aromatic carbocycles. The lowest BCUT2D eigenvalue weighted by Crippen LogP contribution is -2.25. The molecule has 5 aliphatic carbocycles. The molecule has 4 nitrogen and oxygen atoms in total. The van der Waals surface area contributed by atoms with Crippen molar-refractivity contribution in [3.05, 3.63) is 517 Å². The van der Waals surface area contributed by atoms with E-state index in [4.69, 9.17) is 0 Å². The predicted octanol–water partition coefficient (Wildman–Crippen LogP) is 35.9. The second kappa shape index (κ2) is 52.2. The normalized spacial score (nSPS) is 11.6. The van der Waals surface area contributed by atoms with Crippen LogP contribution in [0.15, 0.2) is 462 Å². The van der Waals surface area contributed by atoms with E-state index < -0.39 is 0 Å². The van der Waals surface area contributed by atoms with Crippen molar-refractivity contribution in [2.75, 3.05) is 0 Å². The van der Waals surface area contributed by atoms with Crippen molar-refractivity contribution in [1.82, 2.24) is 19.5 Å². The molecule has 0 saturated heterocycles. The van der Waals surface area contributed by atoms with E-state index in [9.17, 15) is 0 Å². The van der Waals surface area contributed by atoms with E-state index in [-0.39, 0.29) is 16.2 Å². The van der Waals surface area contributed by atoms with Crippen LogP contribution in [0, 0.1) is 0 Å². The third kappa shape index (κ3) is 20.8. The van der Waals surface area contributed by atoms with Gasteiger partial charge in [0.15, 0.2) is 0 Å². The van der Waals surface area contributed by atoms with Crippen molar-refractivity contribution in [1.29, 1.82) is 0 Å². The Morgan fingerprint density at radius 1 is 0.185 bits per heavy atom. The number of pyridine rings is 3. The van der Waals surface area contributed by atoms with E-state index in [1.165, 1.54) is 157 Å². The first-order chi connectivity index (χ1) is 64.6. The Labute approximate surface area is 779 Å². The molecule has 0 radical (unpaired) electrons. The Balaban J connectivity index is 0.000000171. The van der Waals surface area contributed by atoms with Gasteiger partial charge >= 0.3 is 0 Å². The number of fused-ring (bicyclic) bond motifs is 27. The number of hydrogen-bond acceptors (Lipinski definition) is 3. The van der Waals surface area contributed by atoms with Crippen molar-refractivity contribution in [3.8, 4) is 61.3 Å². The summed E-state index contributed by atoms with van der Waals surface area (Å²) < 4.78 is 2.26. The molecule has 19 aromatic rings. The first-order valence-corrected chi connectivity index (χ1v) is 47.6. The highest BCUT2D eigenvalue weighted by atomic mass is 15.0. The Kier molecular flexibility index (Phi) is 40.0. The van der Waals surface area contributed by atoms with Gasteiger partial charge in [-0.05, 0) is 171 Å². The fraction of sp³-hybridized carbons (Fsp3) is 0.183. The molecule has 4 heterocycles. The van der Waals surface area contributed by atoms with Crippen LogP contribution in [-0.4, -0.2) is 19.5 Å². The summed E-state index contributed by atoms with van der Waals surface area (Å²) in [5, 5.41) is 5.13. The topological polar surface area (TPSA) is 43.6 Å². The Morgan fingerprint density at radius 3 is 0.685 bits per heavy atom. The molecular formula is C126H134N4. The quantitative estimate of drug-likeness (QED) is 0.177. The van der Waals surface area contributed by atoms with E-state index in [0.717, 1.165) is 5.52 Å². The molecule has 0 saturated carbocycles. The van der Waals surface area contributed by atoms with Gasteiger partial charge in [-0.2, -0.15) is 0 Å². The number of para-hydroxylation sites is 2. The van der Waals surface area contributed by atoms with Crippen LogP contribution in [0.1, 0.15) is 193 Å². The highest BCUT2D eigenvalue weighted by Crippen LogP contribution is 2.64. The molecule has 0 aliphatic heterocycles. The molecule has 4 aromatic heterocycles. The average Bonchev–Trinajstić information content (AvgIpc) is 1.51. The number of benzene rings is 15. The third-order valence-electron chi connectivity index (χ3n) is 23.1. The summed E-state index contributed by atoms with van der Waals surface area (Å²) in [6.07, 6.45) is 14.1. The van der Waals surface area contributed by atoms with Crippen LogP contribution in [0.4, 0.5) is 0 Å². The van der Waals surface area contributed by atoms with Gasteiger partial charge in [-0.1, -0.05) is 513 Å². The molecule has 0 N–H and O–H groups in total. The van der Waals surface area contributed by atoms with Crippen molar-refractivity contribution in [2.45, 2.75) is 154 Å². The fourth-order valence-electron chi connectivity index (χ4n) is 18.3. The molecule has 658 valence electrons. The maximum Gasteiger partial charge on any atom is 0.0740 e. The van der Waals surface area contributed by atoms with E-state index in [2.05, 4.69) is 355 Å². The van der Waals surface area contributed by atoms with Gasteiger partial charge in [0.05, 0.1) is 28.1 Å². The van der Waals surface area contributed by atoms with Gasteiger partial charge in [-0.3, -0.25) is 15.0 Å². The maximum absolute atomic E-state index is 4.50.